The van der Waals surface area contributed by atoms with Gasteiger partial charge in [0.1, 0.15) is 0 Å². The molecule has 0 aromatic carbocycles. The molecular formula is C8H24NO4Ti-. The molecule has 5 nitrogen and oxygen atoms in total. The van der Waals surface area contributed by atoms with Crippen LogP contribution in [0.2, 0.25) is 0 Å². The second-order valence-electron chi connectivity index (χ2n) is 1.11. The SMILES string of the molecule is CC(N)=O.CO.CO.CO.[CH2-]CC.[Ti]. The van der Waals surface area contributed by atoms with Crippen LogP contribution < -0.4 is 5.73 Å². The number of rotatable bonds is 0. The third-order valence-electron chi connectivity index (χ3n) is 0. The van der Waals surface area contributed by atoms with E-state index in [4.69, 9.17) is 15.3 Å². The van der Waals surface area contributed by atoms with Crippen LogP contribution in [0.5, 0.6) is 0 Å². The van der Waals surface area contributed by atoms with E-state index in [2.05, 4.69) is 12.7 Å². The summed E-state index contributed by atoms with van der Waals surface area (Å²) >= 11 is 0. The Morgan fingerprint density at radius 2 is 1.14 bits per heavy atom. The summed E-state index contributed by atoms with van der Waals surface area (Å²) in [5, 5.41) is 21.0. The number of hydrogen-bond acceptors (Lipinski definition) is 4. The standard InChI is InChI=1S/C3H7.C2H5NO.3CH4O.Ti/c1-3-2;1-2(3)4;3*1-2;/h1,3H2,2H3;1H3,(H2,3,4);3*2H,1H3;/q-1;;;;;. The Balaban J connectivity index is -0.0000000146. The molecule has 0 atom stereocenters. The quantitative estimate of drug-likeness (QED) is 0.343. The van der Waals surface area contributed by atoms with E-state index in [-0.39, 0.29) is 27.6 Å². The van der Waals surface area contributed by atoms with Gasteiger partial charge in [-0.15, -0.1) is 0 Å². The Hall–Kier alpha value is 0.0643. The van der Waals surface area contributed by atoms with Gasteiger partial charge in [0, 0.05) is 50.0 Å². The molecule has 0 heterocycles. The van der Waals surface area contributed by atoms with Gasteiger partial charge < -0.3 is 28.0 Å². The summed E-state index contributed by atoms with van der Waals surface area (Å²) in [4.78, 5) is 9.22. The Kier molecular flexibility index (Phi) is 303. The molecule has 6 heteroatoms. The van der Waals surface area contributed by atoms with Crippen LogP contribution >= 0.6 is 0 Å². The van der Waals surface area contributed by atoms with Crippen molar-refractivity contribution in [2.75, 3.05) is 21.3 Å². The maximum Gasteiger partial charge on any atom is 0.214 e. The van der Waals surface area contributed by atoms with Crippen molar-refractivity contribution in [3.05, 3.63) is 6.92 Å². The Morgan fingerprint density at radius 3 is 1.14 bits per heavy atom. The van der Waals surface area contributed by atoms with E-state index < -0.39 is 0 Å². The first-order valence-electron chi connectivity index (χ1n) is 3.54. The largest absolute Gasteiger partial charge is 0.400 e. The number of carbonyl (C=O) groups is 1. The first-order chi connectivity index (χ1) is 6.15. The van der Waals surface area contributed by atoms with Gasteiger partial charge in [-0.2, -0.15) is 6.42 Å². The van der Waals surface area contributed by atoms with E-state index in [1.54, 1.807) is 0 Å². The van der Waals surface area contributed by atoms with Gasteiger partial charge in [-0.1, -0.05) is 6.92 Å². The molecule has 0 aromatic heterocycles. The van der Waals surface area contributed by atoms with E-state index in [9.17, 15) is 4.79 Å². The minimum atomic E-state index is -0.333. The van der Waals surface area contributed by atoms with Crippen molar-refractivity contribution in [2.45, 2.75) is 20.3 Å². The molecule has 0 spiro atoms. The zero-order chi connectivity index (χ0) is 12.3. The third kappa shape index (κ3) is 357000. The molecule has 5 N–H and O–H groups in total. The first kappa shape index (κ1) is 36.9. The van der Waals surface area contributed by atoms with Crippen LogP contribution in [0.25, 0.3) is 0 Å². The van der Waals surface area contributed by atoms with Crippen molar-refractivity contribution < 1.29 is 41.8 Å². The van der Waals surface area contributed by atoms with Crippen molar-refractivity contribution in [3.8, 4) is 0 Å². The molecule has 0 saturated heterocycles. The molecule has 0 fully saturated rings. The van der Waals surface area contributed by atoms with Gasteiger partial charge in [-0.25, -0.2) is 0 Å². The molecule has 0 aliphatic heterocycles. The van der Waals surface area contributed by atoms with Crippen LogP contribution in [0.4, 0.5) is 0 Å². The predicted octanol–water partition coefficient (Wildman–Crippen LogP) is -0.455. The van der Waals surface area contributed by atoms with Gasteiger partial charge in [0.05, 0.1) is 0 Å². The van der Waals surface area contributed by atoms with Crippen molar-refractivity contribution in [2.24, 2.45) is 5.73 Å². The topological polar surface area (TPSA) is 104 Å². The van der Waals surface area contributed by atoms with Gasteiger partial charge in [0.15, 0.2) is 0 Å². The summed E-state index contributed by atoms with van der Waals surface area (Å²) in [6.07, 6.45) is 1.00. The fourth-order valence-electron chi connectivity index (χ4n) is 0. The fourth-order valence-corrected chi connectivity index (χ4v) is 0. The van der Waals surface area contributed by atoms with Gasteiger partial charge >= 0.3 is 0 Å². The number of hydrogen-bond donors (Lipinski definition) is 4. The van der Waals surface area contributed by atoms with Crippen LogP contribution in [-0.4, -0.2) is 42.6 Å². The molecule has 0 rings (SSSR count). The first-order valence-corrected chi connectivity index (χ1v) is 3.54. The maximum atomic E-state index is 9.22. The Morgan fingerprint density at radius 1 is 1.14 bits per heavy atom. The average molecular weight is 246 g/mol. The second-order valence-corrected chi connectivity index (χ2v) is 1.11. The molecule has 0 bridgehead atoms. The molecule has 0 aromatic rings. The number of aliphatic hydroxyl groups excluding tert-OH is 3. The number of carbonyl (C=O) groups excluding carboxylic acids is 1. The van der Waals surface area contributed by atoms with E-state index in [0.717, 1.165) is 27.8 Å². The van der Waals surface area contributed by atoms with Crippen molar-refractivity contribution >= 4 is 5.91 Å². The molecule has 0 aliphatic rings. The second kappa shape index (κ2) is 115. The normalized spacial score (nSPS) is 4.36. The number of nitrogens with two attached hydrogens (primary N) is 1. The molecule has 1 amide bonds. The zero-order valence-electron chi connectivity index (χ0n) is 9.74. The van der Waals surface area contributed by atoms with Crippen molar-refractivity contribution in [1.29, 1.82) is 0 Å². The van der Waals surface area contributed by atoms with Gasteiger partial charge in [0.25, 0.3) is 0 Å². The maximum absolute atomic E-state index is 9.22. The number of primary amides is 1. The van der Waals surface area contributed by atoms with Crippen molar-refractivity contribution in [3.63, 3.8) is 0 Å². The van der Waals surface area contributed by atoms with Crippen LogP contribution in [0.15, 0.2) is 0 Å². The molecule has 14 heavy (non-hydrogen) atoms. The summed E-state index contributed by atoms with van der Waals surface area (Å²) in [6, 6.07) is 0. The molecule has 0 aliphatic carbocycles. The van der Waals surface area contributed by atoms with Crippen LogP contribution in [-0.2, 0) is 26.5 Å². The third-order valence-corrected chi connectivity index (χ3v) is 0. The van der Waals surface area contributed by atoms with Gasteiger partial charge in [-0.3, -0.25) is 4.79 Å². The van der Waals surface area contributed by atoms with Crippen LogP contribution in [0.1, 0.15) is 20.3 Å². The van der Waals surface area contributed by atoms with E-state index in [0.29, 0.717) is 0 Å². The number of amides is 1. The monoisotopic (exact) mass is 246 g/mol. The van der Waals surface area contributed by atoms with Crippen LogP contribution in [0, 0.1) is 6.92 Å². The van der Waals surface area contributed by atoms with Crippen molar-refractivity contribution in [1.82, 2.24) is 0 Å². The predicted molar refractivity (Wildman–Crippen MR) is 54.9 cm³/mol. The summed E-state index contributed by atoms with van der Waals surface area (Å²) in [5.74, 6) is -0.333. The molecule has 0 saturated carbocycles. The molecular weight excluding hydrogens is 222 g/mol. The number of aliphatic hydroxyl groups is 3. The zero-order valence-corrected chi connectivity index (χ0v) is 11.3. The Bertz CT molecular complexity index is 52.6. The smallest absolute Gasteiger partial charge is 0.214 e. The van der Waals surface area contributed by atoms with E-state index in [1.807, 2.05) is 6.92 Å². The molecule has 0 unspecified atom stereocenters. The molecule has 0 radical (unpaired) electrons. The van der Waals surface area contributed by atoms with Crippen LogP contribution in [0.3, 0.4) is 0 Å². The summed E-state index contributed by atoms with van der Waals surface area (Å²) in [6.45, 7) is 6.81. The van der Waals surface area contributed by atoms with Gasteiger partial charge in [-0.05, 0) is 0 Å². The Labute approximate surface area is 102 Å². The van der Waals surface area contributed by atoms with E-state index >= 15 is 0 Å². The fraction of sp³-hybridized carbons (Fsp3) is 0.750. The minimum Gasteiger partial charge on any atom is -0.400 e. The van der Waals surface area contributed by atoms with Gasteiger partial charge in [0.2, 0.25) is 5.91 Å². The summed E-state index contributed by atoms with van der Waals surface area (Å²) in [5.41, 5.74) is 4.47. The summed E-state index contributed by atoms with van der Waals surface area (Å²) in [7, 11) is 3.00. The minimum absolute atomic E-state index is 0. The summed E-state index contributed by atoms with van der Waals surface area (Å²) < 4.78 is 0. The molecule has 90 valence electrons. The average Bonchev–Trinajstić information content (AvgIpc) is 2.14. The van der Waals surface area contributed by atoms with E-state index in [1.165, 1.54) is 6.92 Å².